The maximum atomic E-state index is 5.59. The molecular weight excluding hydrogens is 260 g/mol. The van der Waals surface area contributed by atoms with E-state index in [1.165, 1.54) is 56.4 Å². The highest BCUT2D eigenvalue weighted by Crippen LogP contribution is 2.42. The van der Waals surface area contributed by atoms with Crippen molar-refractivity contribution >= 4 is 0 Å². The Morgan fingerprint density at radius 3 is 2.24 bits per heavy atom. The van der Waals surface area contributed by atoms with Gasteiger partial charge in [-0.25, -0.2) is 0 Å². The molecule has 0 aromatic heterocycles. The minimum atomic E-state index is 0.223. The fraction of sp³-hybridized carbons (Fsp3) is 0.667. The Labute approximate surface area is 128 Å². The molecule has 1 aliphatic heterocycles. The van der Waals surface area contributed by atoms with E-state index in [0.717, 1.165) is 19.5 Å². The molecular formula is C18H28N2O. The number of methoxy groups -OCH3 is 1. The highest BCUT2D eigenvalue weighted by Gasteiger charge is 2.42. The van der Waals surface area contributed by atoms with Gasteiger partial charge in [0.25, 0.3) is 0 Å². The zero-order chi connectivity index (χ0) is 14.5. The third-order valence-corrected chi connectivity index (χ3v) is 5.06. The Morgan fingerprint density at radius 1 is 1.05 bits per heavy atom. The molecule has 1 aromatic rings. The van der Waals surface area contributed by atoms with Crippen LogP contribution in [0.15, 0.2) is 24.3 Å². The molecule has 0 amide bonds. The Kier molecular flexibility index (Phi) is 4.94. The van der Waals surface area contributed by atoms with Gasteiger partial charge in [-0.3, -0.25) is 0 Å². The molecule has 21 heavy (non-hydrogen) atoms. The number of nitrogens with one attached hydrogen (secondary N) is 1. The van der Waals surface area contributed by atoms with Crippen molar-refractivity contribution in [3.8, 4) is 0 Å². The first-order valence-electron chi connectivity index (χ1n) is 8.36. The van der Waals surface area contributed by atoms with Gasteiger partial charge in [0, 0.05) is 39.8 Å². The predicted molar refractivity (Wildman–Crippen MR) is 86.8 cm³/mol. The van der Waals surface area contributed by atoms with Crippen LogP contribution in [0.2, 0.25) is 0 Å². The van der Waals surface area contributed by atoms with E-state index < -0.39 is 0 Å². The number of aryl methyl sites for hydroxylation is 1. The van der Waals surface area contributed by atoms with Crippen molar-refractivity contribution in [3.05, 3.63) is 35.4 Å². The second-order valence-corrected chi connectivity index (χ2v) is 6.55. The zero-order valence-corrected chi connectivity index (χ0v) is 13.2. The van der Waals surface area contributed by atoms with Crippen molar-refractivity contribution < 1.29 is 4.74 Å². The van der Waals surface area contributed by atoms with Gasteiger partial charge < -0.3 is 15.0 Å². The van der Waals surface area contributed by atoms with Crippen LogP contribution in [-0.4, -0.2) is 50.3 Å². The van der Waals surface area contributed by atoms with Crippen LogP contribution in [-0.2, 0) is 17.6 Å². The number of hydrogen-bond acceptors (Lipinski definition) is 3. The van der Waals surface area contributed by atoms with Crippen LogP contribution in [0.3, 0.4) is 0 Å². The molecule has 0 unspecified atom stereocenters. The van der Waals surface area contributed by atoms with Crippen molar-refractivity contribution in [2.45, 2.75) is 37.7 Å². The first kappa shape index (κ1) is 15.0. The maximum absolute atomic E-state index is 5.59. The predicted octanol–water partition coefficient (Wildman–Crippen LogP) is 2.25. The van der Waals surface area contributed by atoms with E-state index in [0.29, 0.717) is 0 Å². The number of hydrogen-bond donors (Lipinski definition) is 1. The Hall–Kier alpha value is -0.900. The molecule has 0 radical (unpaired) electrons. The molecule has 3 nitrogen and oxygen atoms in total. The van der Waals surface area contributed by atoms with Gasteiger partial charge in [0.05, 0.1) is 5.60 Å². The summed E-state index contributed by atoms with van der Waals surface area (Å²) in [5, 5.41) is 3.40. The highest BCUT2D eigenvalue weighted by atomic mass is 16.5. The van der Waals surface area contributed by atoms with Crippen LogP contribution in [0.4, 0.5) is 0 Å². The van der Waals surface area contributed by atoms with Gasteiger partial charge in [-0.2, -0.15) is 0 Å². The van der Waals surface area contributed by atoms with Gasteiger partial charge in [0.2, 0.25) is 0 Å². The quantitative estimate of drug-likeness (QED) is 0.833. The van der Waals surface area contributed by atoms with Crippen LogP contribution < -0.4 is 5.32 Å². The lowest BCUT2D eigenvalue weighted by molar-refractivity contribution is 0.0731. The Balaban J connectivity index is 1.43. The van der Waals surface area contributed by atoms with Crippen molar-refractivity contribution in [1.82, 2.24) is 10.2 Å². The highest BCUT2D eigenvalue weighted by molar-refractivity contribution is 5.23. The van der Waals surface area contributed by atoms with E-state index in [9.17, 15) is 0 Å². The first-order valence-corrected chi connectivity index (χ1v) is 8.36. The number of piperazine rings is 1. The van der Waals surface area contributed by atoms with E-state index in [4.69, 9.17) is 4.74 Å². The molecule has 0 spiro atoms. The monoisotopic (exact) mass is 288 g/mol. The fourth-order valence-corrected chi connectivity index (χ4v) is 3.16. The third-order valence-electron chi connectivity index (χ3n) is 5.06. The molecule has 3 rings (SSSR count). The van der Waals surface area contributed by atoms with Gasteiger partial charge in [0.15, 0.2) is 0 Å². The molecule has 1 saturated carbocycles. The number of rotatable bonds is 7. The summed E-state index contributed by atoms with van der Waals surface area (Å²) < 4.78 is 5.59. The normalized spacial score (nSPS) is 21.4. The average Bonchev–Trinajstić information content (AvgIpc) is 3.34. The topological polar surface area (TPSA) is 24.5 Å². The Bertz CT molecular complexity index is 433. The molecule has 1 aromatic carbocycles. The van der Waals surface area contributed by atoms with Crippen molar-refractivity contribution in [2.75, 3.05) is 39.8 Å². The van der Waals surface area contributed by atoms with Crippen LogP contribution >= 0.6 is 0 Å². The lowest BCUT2D eigenvalue weighted by Gasteiger charge is -2.27. The average molecular weight is 288 g/mol. The summed E-state index contributed by atoms with van der Waals surface area (Å²) in [7, 11) is 1.85. The van der Waals surface area contributed by atoms with Gasteiger partial charge >= 0.3 is 0 Å². The number of ether oxygens (including phenoxy) is 1. The minimum Gasteiger partial charge on any atom is -0.378 e. The van der Waals surface area contributed by atoms with E-state index in [2.05, 4.69) is 34.5 Å². The summed E-state index contributed by atoms with van der Waals surface area (Å²) in [6, 6.07) is 9.23. The van der Waals surface area contributed by atoms with E-state index >= 15 is 0 Å². The van der Waals surface area contributed by atoms with Crippen LogP contribution in [0.25, 0.3) is 0 Å². The summed E-state index contributed by atoms with van der Waals surface area (Å²) in [5.74, 6) is 0. The fourth-order valence-electron chi connectivity index (χ4n) is 3.16. The summed E-state index contributed by atoms with van der Waals surface area (Å²) in [5.41, 5.74) is 3.13. The molecule has 1 aliphatic carbocycles. The van der Waals surface area contributed by atoms with Crippen molar-refractivity contribution in [2.24, 2.45) is 0 Å². The largest absolute Gasteiger partial charge is 0.378 e. The zero-order valence-electron chi connectivity index (χ0n) is 13.2. The minimum absolute atomic E-state index is 0.223. The molecule has 1 saturated heterocycles. The second kappa shape index (κ2) is 6.91. The van der Waals surface area contributed by atoms with Crippen LogP contribution in [0, 0.1) is 0 Å². The molecule has 116 valence electrons. The van der Waals surface area contributed by atoms with Crippen LogP contribution in [0.1, 0.15) is 30.4 Å². The maximum Gasteiger partial charge on any atom is 0.0684 e. The van der Waals surface area contributed by atoms with Crippen molar-refractivity contribution in [1.29, 1.82) is 0 Å². The third kappa shape index (κ3) is 4.29. The summed E-state index contributed by atoms with van der Waals surface area (Å²) in [6.45, 7) is 5.85. The van der Waals surface area contributed by atoms with E-state index in [-0.39, 0.29) is 5.60 Å². The summed E-state index contributed by atoms with van der Waals surface area (Å²) in [6.07, 6.45) is 5.97. The summed E-state index contributed by atoms with van der Waals surface area (Å²) in [4.78, 5) is 2.56. The van der Waals surface area contributed by atoms with Gasteiger partial charge in [-0.1, -0.05) is 24.3 Å². The van der Waals surface area contributed by atoms with Gasteiger partial charge in [-0.15, -0.1) is 0 Å². The standard InChI is InChI=1S/C18H28N2O/c1-21-18(9-10-18)8-6-16-2-4-17(5-3-16)7-13-20-14-11-19-12-15-20/h2-5,19H,6-15H2,1H3. The molecule has 1 heterocycles. The first-order chi connectivity index (χ1) is 10.3. The second-order valence-electron chi connectivity index (χ2n) is 6.55. The molecule has 0 bridgehead atoms. The molecule has 2 aliphatic rings. The SMILES string of the molecule is COC1(CCc2ccc(CCN3CCNCC3)cc2)CC1. The van der Waals surface area contributed by atoms with E-state index in [1.807, 2.05) is 7.11 Å². The number of nitrogens with zero attached hydrogens (tertiary/aromatic N) is 1. The van der Waals surface area contributed by atoms with Crippen molar-refractivity contribution in [3.63, 3.8) is 0 Å². The molecule has 1 N–H and O–H groups in total. The van der Waals surface area contributed by atoms with E-state index in [1.54, 1.807) is 0 Å². The molecule has 3 heteroatoms. The lowest BCUT2D eigenvalue weighted by atomic mass is 10.0. The van der Waals surface area contributed by atoms with Gasteiger partial charge in [-0.05, 0) is 43.2 Å². The lowest BCUT2D eigenvalue weighted by Crippen LogP contribution is -2.44. The van der Waals surface area contributed by atoms with Crippen LogP contribution in [0.5, 0.6) is 0 Å². The smallest absolute Gasteiger partial charge is 0.0684 e. The number of benzene rings is 1. The van der Waals surface area contributed by atoms with Gasteiger partial charge in [0.1, 0.15) is 0 Å². The Morgan fingerprint density at radius 2 is 1.67 bits per heavy atom. The molecule has 0 atom stereocenters. The molecule has 2 fully saturated rings. The summed E-state index contributed by atoms with van der Waals surface area (Å²) >= 11 is 0.